The molecule has 1 rings (SSSR count). The molecule has 0 spiro atoms. The summed E-state index contributed by atoms with van der Waals surface area (Å²) in [6.45, 7) is 2.18. The highest BCUT2D eigenvalue weighted by Crippen LogP contribution is 2.24. The maximum Gasteiger partial charge on any atom is 0.134 e. The van der Waals surface area contributed by atoms with Crippen LogP contribution < -0.4 is 0 Å². The molecule has 0 bridgehead atoms. The molecule has 1 N–H and O–H groups in total. The Balaban J connectivity index is 2.53. The number of aryl methyl sites for hydroxylation is 1. The summed E-state index contributed by atoms with van der Waals surface area (Å²) in [6.07, 6.45) is 4.72. The third kappa shape index (κ3) is 3.27. The smallest absolute Gasteiger partial charge is 0.134 e. The molecule has 0 aliphatic carbocycles. The normalized spacial score (nSPS) is 10.3. The van der Waals surface area contributed by atoms with Gasteiger partial charge < -0.3 is 5.11 Å². The molecule has 1 nitrogen and oxygen atoms in total. The minimum Gasteiger partial charge on any atom is -0.506 e. The molecular weight excluding hydrogens is 184 g/mol. The fourth-order valence-corrected chi connectivity index (χ4v) is 1.49. The van der Waals surface area contributed by atoms with Gasteiger partial charge in [-0.2, -0.15) is 0 Å². The summed E-state index contributed by atoms with van der Waals surface area (Å²) in [5.74, 6) is 0.168. The zero-order chi connectivity index (χ0) is 9.68. The maximum atomic E-state index is 9.18. The average Bonchev–Trinajstić information content (AvgIpc) is 2.12. The third-order valence-corrected chi connectivity index (χ3v) is 2.38. The molecule has 0 heterocycles. The first kappa shape index (κ1) is 10.4. The Kier molecular flexibility index (Phi) is 4.10. The van der Waals surface area contributed by atoms with E-state index in [9.17, 15) is 5.11 Å². The maximum absolute atomic E-state index is 9.18. The lowest BCUT2D eigenvalue weighted by Gasteiger charge is -2.02. The van der Waals surface area contributed by atoms with Gasteiger partial charge in [0.1, 0.15) is 5.75 Å². The van der Waals surface area contributed by atoms with Crippen LogP contribution in [0.1, 0.15) is 31.7 Å². The lowest BCUT2D eigenvalue weighted by Crippen LogP contribution is -1.85. The molecule has 13 heavy (non-hydrogen) atoms. The van der Waals surface area contributed by atoms with Gasteiger partial charge in [0, 0.05) is 0 Å². The fourth-order valence-electron chi connectivity index (χ4n) is 1.29. The van der Waals surface area contributed by atoms with E-state index in [2.05, 4.69) is 6.92 Å². The minimum absolute atomic E-state index is 0.168. The van der Waals surface area contributed by atoms with Gasteiger partial charge in [-0.05, 0) is 30.5 Å². The molecule has 0 aliphatic heterocycles. The van der Waals surface area contributed by atoms with Crippen molar-refractivity contribution in [2.45, 2.75) is 32.6 Å². The van der Waals surface area contributed by atoms with Crippen molar-refractivity contribution in [1.29, 1.82) is 0 Å². The molecule has 2 heteroatoms. The van der Waals surface area contributed by atoms with Crippen LogP contribution in [-0.2, 0) is 6.42 Å². The van der Waals surface area contributed by atoms with Crippen molar-refractivity contribution in [2.24, 2.45) is 0 Å². The Bertz CT molecular complexity index is 271. The summed E-state index contributed by atoms with van der Waals surface area (Å²) in [5.41, 5.74) is 1.20. The van der Waals surface area contributed by atoms with Crippen LogP contribution in [0.3, 0.4) is 0 Å². The number of benzene rings is 1. The molecule has 0 fully saturated rings. The van der Waals surface area contributed by atoms with Gasteiger partial charge in [-0.1, -0.05) is 37.4 Å². The second-order valence-corrected chi connectivity index (χ2v) is 3.65. The molecular formula is C11H15ClO. The Labute approximate surface area is 84.4 Å². The van der Waals surface area contributed by atoms with E-state index in [1.165, 1.54) is 24.8 Å². The van der Waals surface area contributed by atoms with Gasteiger partial charge in [0.05, 0.1) is 5.02 Å². The lowest BCUT2D eigenvalue weighted by molar-refractivity contribution is 0.475. The minimum atomic E-state index is 0.168. The molecule has 0 saturated heterocycles. The molecule has 1 aromatic carbocycles. The summed E-state index contributed by atoms with van der Waals surface area (Å²) in [5, 5.41) is 9.64. The van der Waals surface area contributed by atoms with E-state index in [0.717, 1.165) is 6.42 Å². The van der Waals surface area contributed by atoms with Crippen LogP contribution in [0.15, 0.2) is 18.2 Å². The molecule has 1 aromatic rings. The summed E-state index contributed by atoms with van der Waals surface area (Å²) in [7, 11) is 0. The Hall–Kier alpha value is -0.690. The average molecular weight is 199 g/mol. The lowest BCUT2D eigenvalue weighted by atomic mass is 10.1. The first-order valence-corrected chi connectivity index (χ1v) is 5.09. The van der Waals surface area contributed by atoms with Crippen molar-refractivity contribution in [2.75, 3.05) is 0 Å². The highest BCUT2D eigenvalue weighted by atomic mass is 35.5. The Morgan fingerprint density at radius 1 is 1.31 bits per heavy atom. The van der Waals surface area contributed by atoms with Crippen molar-refractivity contribution in [3.8, 4) is 5.75 Å². The third-order valence-electron chi connectivity index (χ3n) is 2.08. The first-order chi connectivity index (χ1) is 6.24. The Morgan fingerprint density at radius 2 is 2.08 bits per heavy atom. The molecule has 0 aliphatic rings. The number of phenolic OH excluding ortho intramolecular Hbond substituents is 1. The number of unbranched alkanes of at least 4 members (excludes halogenated alkanes) is 2. The number of hydrogen-bond donors (Lipinski definition) is 1. The van der Waals surface area contributed by atoms with Gasteiger partial charge in [-0.3, -0.25) is 0 Å². The number of aromatic hydroxyl groups is 1. The number of hydrogen-bond acceptors (Lipinski definition) is 1. The highest BCUT2D eigenvalue weighted by Gasteiger charge is 1.99. The summed E-state index contributed by atoms with van der Waals surface area (Å²) in [4.78, 5) is 0. The van der Waals surface area contributed by atoms with Crippen LogP contribution >= 0.6 is 11.6 Å². The molecule has 72 valence electrons. The first-order valence-electron chi connectivity index (χ1n) is 4.71. The van der Waals surface area contributed by atoms with Crippen LogP contribution in [-0.4, -0.2) is 5.11 Å². The second-order valence-electron chi connectivity index (χ2n) is 3.24. The predicted molar refractivity (Wildman–Crippen MR) is 56.3 cm³/mol. The highest BCUT2D eigenvalue weighted by molar-refractivity contribution is 6.32. The predicted octanol–water partition coefficient (Wildman–Crippen LogP) is 3.78. The zero-order valence-electron chi connectivity index (χ0n) is 7.89. The molecule has 0 atom stereocenters. The quantitative estimate of drug-likeness (QED) is 0.731. The van der Waals surface area contributed by atoms with Crippen molar-refractivity contribution in [1.82, 2.24) is 0 Å². The molecule has 0 saturated carbocycles. The summed E-state index contributed by atoms with van der Waals surface area (Å²) in [6, 6.07) is 5.42. The largest absolute Gasteiger partial charge is 0.506 e. The van der Waals surface area contributed by atoms with Crippen LogP contribution in [0.5, 0.6) is 5.75 Å². The molecule has 0 radical (unpaired) electrons. The van der Waals surface area contributed by atoms with E-state index >= 15 is 0 Å². The topological polar surface area (TPSA) is 20.2 Å². The van der Waals surface area contributed by atoms with E-state index in [4.69, 9.17) is 11.6 Å². The van der Waals surface area contributed by atoms with E-state index < -0.39 is 0 Å². The van der Waals surface area contributed by atoms with Crippen molar-refractivity contribution >= 4 is 11.6 Å². The Morgan fingerprint density at radius 3 is 2.69 bits per heavy atom. The van der Waals surface area contributed by atoms with Gasteiger partial charge in [-0.15, -0.1) is 0 Å². The summed E-state index contributed by atoms with van der Waals surface area (Å²) < 4.78 is 0. The van der Waals surface area contributed by atoms with Gasteiger partial charge in [0.25, 0.3) is 0 Å². The van der Waals surface area contributed by atoms with Crippen LogP contribution in [0, 0.1) is 0 Å². The van der Waals surface area contributed by atoms with Gasteiger partial charge in [0.15, 0.2) is 0 Å². The van der Waals surface area contributed by atoms with Gasteiger partial charge in [-0.25, -0.2) is 0 Å². The van der Waals surface area contributed by atoms with Crippen LogP contribution in [0.4, 0.5) is 0 Å². The molecule has 0 amide bonds. The number of phenols is 1. The van der Waals surface area contributed by atoms with Crippen LogP contribution in [0.2, 0.25) is 5.02 Å². The van der Waals surface area contributed by atoms with E-state index in [-0.39, 0.29) is 5.75 Å². The van der Waals surface area contributed by atoms with E-state index in [0.29, 0.717) is 5.02 Å². The van der Waals surface area contributed by atoms with Crippen molar-refractivity contribution in [3.63, 3.8) is 0 Å². The monoisotopic (exact) mass is 198 g/mol. The van der Waals surface area contributed by atoms with E-state index in [1.54, 1.807) is 6.07 Å². The number of rotatable bonds is 4. The van der Waals surface area contributed by atoms with Gasteiger partial charge >= 0.3 is 0 Å². The van der Waals surface area contributed by atoms with Gasteiger partial charge in [0.2, 0.25) is 0 Å². The number of halogens is 1. The SMILES string of the molecule is CCCCCc1ccc(O)c(Cl)c1. The molecule has 0 unspecified atom stereocenters. The second kappa shape index (κ2) is 5.13. The standard InChI is InChI=1S/C11H15ClO/c1-2-3-4-5-9-6-7-11(13)10(12)8-9/h6-8,13H,2-5H2,1H3. The zero-order valence-corrected chi connectivity index (χ0v) is 8.64. The van der Waals surface area contributed by atoms with Crippen LogP contribution in [0.25, 0.3) is 0 Å². The van der Waals surface area contributed by atoms with Crippen molar-refractivity contribution in [3.05, 3.63) is 28.8 Å². The van der Waals surface area contributed by atoms with Crippen molar-refractivity contribution < 1.29 is 5.11 Å². The van der Waals surface area contributed by atoms with E-state index in [1.807, 2.05) is 12.1 Å². The summed E-state index contributed by atoms with van der Waals surface area (Å²) >= 11 is 5.78. The fraction of sp³-hybridized carbons (Fsp3) is 0.455. The molecule has 0 aromatic heterocycles.